The molecule has 2 nitrogen and oxygen atoms in total. The summed E-state index contributed by atoms with van der Waals surface area (Å²) in [7, 11) is 0. The van der Waals surface area contributed by atoms with Crippen LogP contribution in [0.3, 0.4) is 0 Å². The minimum Gasteiger partial charge on any atom is -0.325 e. The number of amides is 1. The zero-order valence-corrected chi connectivity index (χ0v) is 11.5. The van der Waals surface area contributed by atoms with Crippen molar-refractivity contribution in [2.24, 2.45) is 0 Å². The van der Waals surface area contributed by atoms with Gasteiger partial charge in [0.15, 0.2) is 0 Å². The van der Waals surface area contributed by atoms with Gasteiger partial charge in [0.1, 0.15) is 0 Å². The Morgan fingerprint density at radius 1 is 1.11 bits per heavy atom. The molecule has 0 aromatic heterocycles. The number of anilines is 1. The highest BCUT2D eigenvalue weighted by Gasteiger charge is 2.29. The quantitative estimate of drug-likeness (QED) is 0.861. The van der Waals surface area contributed by atoms with E-state index >= 15 is 0 Å². The Labute approximate surface area is 117 Å². The molecule has 1 heterocycles. The Kier molecular flexibility index (Phi) is 3.30. The normalized spacial score (nSPS) is 17.1. The second-order valence-electron chi connectivity index (χ2n) is 4.68. The van der Waals surface area contributed by atoms with Crippen molar-refractivity contribution < 1.29 is 4.79 Å². The lowest BCUT2D eigenvalue weighted by molar-refractivity contribution is -0.117. The van der Waals surface area contributed by atoms with Crippen LogP contribution in [-0.2, 0) is 11.2 Å². The summed E-state index contributed by atoms with van der Waals surface area (Å²) in [5, 5.41) is 2.95. The summed E-state index contributed by atoms with van der Waals surface area (Å²) in [6, 6.07) is 16.4. The van der Waals surface area contributed by atoms with Gasteiger partial charge in [-0.15, -0.1) is 11.8 Å². The molecule has 0 spiro atoms. The van der Waals surface area contributed by atoms with Gasteiger partial charge in [0.25, 0.3) is 0 Å². The van der Waals surface area contributed by atoms with E-state index in [2.05, 4.69) is 35.8 Å². The van der Waals surface area contributed by atoms with Crippen molar-refractivity contribution in [3.8, 4) is 0 Å². The zero-order chi connectivity index (χ0) is 13.2. The summed E-state index contributed by atoms with van der Waals surface area (Å²) >= 11 is 1.73. The number of benzene rings is 2. The van der Waals surface area contributed by atoms with Crippen LogP contribution in [0, 0.1) is 0 Å². The highest BCUT2D eigenvalue weighted by atomic mass is 32.2. The third-order valence-corrected chi connectivity index (χ3v) is 4.25. The van der Waals surface area contributed by atoms with Gasteiger partial charge >= 0.3 is 0 Å². The van der Waals surface area contributed by atoms with E-state index in [0.29, 0.717) is 0 Å². The first-order valence-electron chi connectivity index (χ1n) is 6.30. The molecule has 3 heteroatoms. The molecule has 1 N–H and O–H groups in total. The maximum atomic E-state index is 12.0. The molecule has 1 amide bonds. The molecule has 0 aliphatic carbocycles. The molecule has 0 bridgehead atoms. The SMILES string of the molecule is CSc1ccc(C[C@H]2C(=O)Nc3ccccc32)cc1. The minimum absolute atomic E-state index is 0.0590. The third kappa shape index (κ3) is 2.38. The van der Waals surface area contributed by atoms with Crippen molar-refractivity contribution in [2.45, 2.75) is 17.2 Å². The van der Waals surface area contributed by atoms with Gasteiger partial charge in [0, 0.05) is 10.6 Å². The molecule has 1 atom stereocenters. The van der Waals surface area contributed by atoms with E-state index in [1.54, 1.807) is 11.8 Å². The van der Waals surface area contributed by atoms with E-state index in [0.717, 1.165) is 17.7 Å². The maximum Gasteiger partial charge on any atom is 0.232 e. The van der Waals surface area contributed by atoms with Crippen LogP contribution < -0.4 is 5.32 Å². The lowest BCUT2D eigenvalue weighted by Crippen LogP contribution is -2.14. The first kappa shape index (κ1) is 12.3. The number of para-hydroxylation sites is 1. The van der Waals surface area contributed by atoms with E-state index in [1.807, 2.05) is 24.3 Å². The fourth-order valence-corrected chi connectivity index (χ4v) is 2.88. The molecule has 96 valence electrons. The molecule has 0 saturated carbocycles. The van der Waals surface area contributed by atoms with Crippen molar-refractivity contribution in [1.29, 1.82) is 0 Å². The van der Waals surface area contributed by atoms with E-state index in [9.17, 15) is 4.79 Å². The summed E-state index contributed by atoms with van der Waals surface area (Å²) < 4.78 is 0. The first-order valence-corrected chi connectivity index (χ1v) is 7.53. The average Bonchev–Trinajstić information content (AvgIpc) is 2.76. The van der Waals surface area contributed by atoms with Gasteiger partial charge in [0.05, 0.1) is 5.92 Å². The van der Waals surface area contributed by atoms with Crippen LogP contribution in [0.5, 0.6) is 0 Å². The molecule has 2 aromatic carbocycles. The lowest BCUT2D eigenvalue weighted by atomic mass is 9.93. The van der Waals surface area contributed by atoms with E-state index in [-0.39, 0.29) is 11.8 Å². The third-order valence-electron chi connectivity index (χ3n) is 3.51. The Hall–Kier alpha value is -1.74. The van der Waals surface area contributed by atoms with Crippen LogP contribution in [0.15, 0.2) is 53.4 Å². The molecule has 1 aliphatic heterocycles. The van der Waals surface area contributed by atoms with E-state index in [1.165, 1.54) is 10.5 Å². The summed E-state index contributed by atoms with van der Waals surface area (Å²) in [5.74, 6) is 0.0477. The van der Waals surface area contributed by atoms with E-state index in [4.69, 9.17) is 0 Å². The van der Waals surface area contributed by atoms with Gasteiger partial charge < -0.3 is 5.32 Å². The van der Waals surface area contributed by atoms with E-state index < -0.39 is 0 Å². The molecule has 3 rings (SSSR count). The number of rotatable bonds is 3. The monoisotopic (exact) mass is 269 g/mol. The summed E-state index contributed by atoms with van der Waals surface area (Å²) in [6.07, 6.45) is 2.83. The Morgan fingerprint density at radius 2 is 1.84 bits per heavy atom. The number of hydrogen-bond acceptors (Lipinski definition) is 2. The fourth-order valence-electron chi connectivity index (χ4n) is 2.48. The molecular weight excluding hydrogens is 254 g/mol. The summed E-state index contributed by atoms with van der Waals surface area (Å²) in [5.41, 5.74) is 3.27. The number of thioether (sulfide) groups is 1. The predicted octanol–water partition coefficient (Wildman–Crippen LogP) is 3.69. The van der Waals surface area contributed by atoms with Gasteiger partial charge in [-0.2, -0.15) is 0 Å². The summed E-state index contributed by atoms with van der Waals surface area (Å²) in [6.45, 7) is 0. The molecule has 0 radical (unpaired) electrons. The Balaban J connectivity index is 1.84. The zero-order valence-electron chi connectivity index (χ0n) is 10.7. The maximum absolute atomic E-state index is 12.0. The van der Waals surface area contributed by atoms with Crippen LogP contribution in [0.25, 0.3) is 0 Å². The molecule has 0 fully saturated rings. The molecule has 0 saturated heterocycles. The largest absolute Gasteiger partial charge is 0.325 e. The molecule has 1 aliphatic rings. The number of carbonyl (C=O) groups is 1. The smallest absolute Gasteiger partial charge is 0.232 e. The highest BCUT2D eigenvalue weighted by molar-refractivity contribution is 7.98. The number of fused-ring (bicyclic) bond motifs is 1. The second-order valence-corrected chi connectivity index (χ2v) is 5.56. The molecule has 0 unspecified atom stereocenters. The second kappa shape index (κ2) is 5.10. The van der Waals surface area contributed by atoms with Crippen LogP contribution >= 0.6 is 11.8 Å². The van der Waals surface area contributed by atoms with Crippen molar-refractivity contribution >= 4 is 23.4 Å². The van der Waals surface area contributed by atoms with Crippen molar-refractivity contribution in [1.82, 2.24) is 0 Å². The minimum atomic E-state index is -0.0590. The van der Waals surface area contributed by atoms with Crippen molar-refractivity contribution in [3.05, 3.63) is 59.7 Å². The topological polar surface area (TPSA) is 29.1 Å². The van der Waals surface area contributed by atoms with Gasteiger partial charge in [0.2, 0.25) is 5.91 Å². The Bertz CT molecular complexity index is 606. The van der Waals surface area contributed by atoms with Gasteiger partial charge in [-0.1, -0.05) is 30.3 Å². The first-order chi connectivity index (χ1) is 9.28. The van der Waals surface area contributed by atoms with Gasteiger partial charge in [-0.3, -0.25) is 4.79 Å². The van der Waals surface area contributed by atoms with Crippen molar-refractivity contribution in [3.63, 3.8) is 0 Å². The average molecular weight is 269 g/mol. The fraction of sp³-hybridized carbons (Fsp3) is 0.188. The van der Waals surface area contributed by atoms with Crippen LogP contribution in [0.2, 0.25) is 0 Å². The van der Waals surface area contributed by atoms with Crippen LogP contribution in [0.1, 0.15) is 17.0 Å². The molecule has 2 aromatic rings. The van der Waals surface area contributed by atoms with Gasteiger partial charge in [-0.05, 0) is 42.0 Å². The predicted molar refractivity (Wildman–Crippen MR) is 79.7 cm³/mol. The number of nitrogens with one attached hydrogen (secondary N) is 1. The molecule has 19 heavy (non-hydrogen) atoms. The standard InChI is InChI=1S/C16H15NOS/c1-19-12-8-6-11(7-9-12)10-14-13-4-2-3-5-15(13)17-16(14)18/h2-9,14H,10H2,1H3,(H,17,18)/t14-/m1/s1. The summed E-state index contributed by atoms with van der Waals surface area (Å²) in [4.78, 5) is 13.3. The van der Waals surface area contributed by atoms with Crippen LogP contribution in [-0.4, -0.2) is 12.2 Å². The van der Waals surface area contributed by atoms with Crippen LogP contribution in [0.4, 0.5) is 5.69 Å². The highest BCUT2D eigenvalue weighted by Crippen LogP contribution is 2.34. The molecular formula is C16H15NOS. The van der Waals surface area contributed by atoms with Gasteiger partial charge in [-0.25, -0.2) is 0 Å². The Morgan fingerprint density at radius 3 is 2.58 bits per heavy atom. The number of carbonyl (C=O) groups excluding carboxylic acids is 1. The van der Waals surface area contributed by atoms with Crippen molar-refractivity contribution in [2.75, 3.05) is 11.6 Å². The number of hydrogen-bond donors (Lipinski definition) is 1. The lowest BCUT2D eigenvalue weighted by Gasteiger charge is -2.09.